The van der Waals surface area contributed by atoms with Gasteiger partial charge in [0.15, 0.2) is 0 Å². The molecule has 1 atom stereocenters. The van der Waals surface area contributed by atoms with Gasteiger partial charge < -0.3 is 19.6 Å². The molecule has 124 valence electrons. The molecule has 1 aromatic carbocycles. The van der Waals surface area contributed by atoms with E-state index in [1.165, 1.54) is 0 Å². The van der Waals surface area contributed by atoms with Gasteiger partial charge >= 0.3 is 5.97 Å². The summed E-state index contributed by atoms with van der Waals surface area (Å²) in [6.45, 7) is 7.74. The molecule has 2 aromatic rings. The lowest BCUT2D eigenvalue weighted by Crippen LogP contribution is -2.13. The van der Waals surface area contributed by atoms with Crippen LogP contribution >= 0.6 is 0 Å². The van der Waals surface area contributed by atoms with E-state index in [1.807, 2.05) is 38.1 Å². The molecule has 0 aliphatic heterocycles. The summed E-state index contributed by atoms with van der Waals surface area (Å²) in [5, 5.41) is 9.75. The zero-order valence-electron chi connectivity index (χ0n) is 14.0. The van der Waals surface area contributed by atoms with Gasteiger partial charge in [0.25, 0.3) is 0 Å². The highest BCUT2D eigenvalue weighted by atomic mass is 16.6. The second-order valence-corrected chi connectivity index (χ2v) is 5.64. The van der Waals surface area contributed by atoms with E-state index in [1.54, 1.807) is 13.8 Å². The maximum atomic E-state index is 12.1. The van der Waals surface area contributed by atoms with Gasteiger partial charge in [0, 0.05) is 11.3 Å². The normalized spacial score (nSPS) is 12.0. The van der Waals surface area contributed by atoms with Gasteiger partial charge in [0.05, 0.1) is 6.10 Å². The Morgan fingerprint density at radius 3 is 2.61 bits per heavy atom. The lowest BCUT2D eigenvalue weighted by Gasteiger charge is -2.08. The lowest BCUT2D eigenvalue weighted by atomic mass is 10.1. The van der Waals surface area contributed by atoms with E-state index in [0.29, 0.717) is 5.69 Å². The second kappa shape index (κ2) is 7.33. The monoisotopic (exact) mass is 317 g/mol. The van der Waals surface area contributed by atoms with Crippen molar-refractivity contribution in [3.05, 3.63) is 52.3 Å². The fraction of sp³-hybridized carbons (Fsp3) is 0.389. The molecule has 2 rings (SSSR count). The molecular weight excluding hydrogens is 294 g/mol. The van der Waals surface area contributed by atoms with E-state index < -0.39 is 12.1 Å². The zero-order valence-corrected chi connectivity index (χ0v) is 14.0. The fourth-order valence-corrected chi connectivity index (χ4v) is 2.67. The van der Waals surface area contributed by atoms with Gasteiger partial charge in [-0.3, -0.25) is 0 Å². The van der Waals surface area contributed by atoms with E-state index >= 15 is 0 Å². The SMILES string of the molecule is Cc1cccc(OCCOC(=O)c2[nH]c(C)c([C@@H](C)O)c2C)c1. The van der Waals surface area contributed by atoms with Crippen LogP contribution in [0.2, 0.25) is 0 Å². The predicted octanol–water partition coefficient (Wildman–Crippen LogP) is 3.23. The smallest absolute Gasteiger partial charge is 0.355 e. The van der Waals surface area contributed by atoms with Crippen molar-refractivity contribution in [2.75, 3.05) is 13.2 Å². The number of carbonyl (C=O) groups is 1. The first-order valence-electron chi connectivity index (χ1n) is 7.64. The number of aryl methyl sites for hydroxylation is 2. The molecular formula is C18H23NO4. The molecule has 0 saturated heterocycles. The Morgan fingerprint density at radius 2 is 2.00 bits per heavy atom. The summed E-state index contributed by atoms with van der Waals surface area (Å²) in [6, 6.07) is 7.69. The van der Waals surface area contributed by atoms with E-state index in [9.17, 15) is 9.90 Å². The number of H-pyrrole nitrogens is 1. The molecule has 0 saturated carbocycles. The van der Waals surface area contributed by atoms with Gasteiger partial charge in [-0.1, -0.05) is 12.1 Å². The maximum Gasteiger partial charge on any atom is 0.355 e. The van der Waals surface area contributed by atoms with E-state index in [4.69, 9.17) is 9.47 Å². The number of aromatic amines is 1. The summed E-state index contributed by atoms with van der Waals surface area (Å²) < 4.78 is 10.8. The summed E-state index contributed by atoms with van der Waals surface area (Å²) in [5.41, 5.74) is 3.74. The standard InChI is InChI=1S/C18H23NO4/c1-11-6-5-7-15(10-11)22-8-9-23-18(21)17-12(2)16(14(4)20)13(3)19-17/h5-7,10,14,19-20H,8-9H2,1-4H3/t14-/m1/s1. The summed E-state index contributed by atoms with van der Waals surface area (Å²) in [5.74, 6) is 0.315. The van der Waals surface area contributed by atoms with Crippen LogP contribution in [-0.4, -0.2) is 29.3 Å². The van der Waals surface area contributed by atoms with Crippen LogP contribution in [0.5, 0.6) is 5.75 Å². The topological polar surface area (TPSA) is 71.5 Å². The number of aliphatic hydroxyl groups is 1. The third kappa shape index (κ3) is 4.13. The van der Waals surface area contributed by atoms with Gasteiger partial charge in [-0.15, -0.1) is 0 Å². The average molecular weight is 317 g/mol. The van der Waals surface area contributed by atoms with Gasteiger partial charge in [-0.05, 0) is 51.0 Å². The van der Waals surface area contributed by atoms with Crippen molar-refractivity contribution in [1.29, 1.82) is 0 Å². The Morgan fingerprint density at radius 1 is 1.26 bits per heavy atom. The highest BCUT2D eigenvalue weighted by molar-refractivity contribution is 5.89. The first kappa shape index (κ1) is 17.1. The van der Waals surface area contributed by atoms with Crippen molar-refractivity contribution in [2.45, 2.75) is 33.8 Å². The quantitative estimate of drug-likeness (QED) is 0.634. The Labute approximate surface area is 136 Å². The molecule has 5 nitrogen and oxygen atoms in total. The molecule has 0 radical (unpaired) electrons. The van der Waals surface area contributed by atoms with Gasteiger partial charge in [0.1, 0.15) is 24.7 Å². The van der Waals surface area contributed by atoms with Crippen molar-refractivity contribution in [1.82, 2.24) is 4.98 Å². The number of rotatable bonds is 6. The highest BCUT2D eigenvalue weighted by Gasteiger charge is 2.20. The summed E-state index contributed by atoms with van der Waals surface area (Å²) in [4.78, 5) is 15.1. The minimum atomic E-state index is -0.627. The van der Waals surface area contributed by atoms with E-state index in [2.05, 4.69) is 4.98 Å². The average Bonchev–Trinajstić information content (AvgIpc) is 2.78. The molecule has 5 heteroatoms. The van der Waals surface area contributed by atoms with Gasteiger partial charge in [0.2, 0.25) is 0 Å². The van der Waals surface area contributed by atoms with Crippen LogP contribution in [0.15, 0.2) is 24.3 Å². The minimum Gasteiger partial charge on any atom is -0.490 e. The van der Waals surface area contributed by atoms with Crippen LogP contribution in [0.3, 0.4) is 0 Å². The number of hydrogen-bond acceptors (Lipinski definition) is 4. The zero-order chi connectivity index (χ0) is 17.0. The molecule has 23 heavy (non-hydrogen) atoms. The molecule has 2 N–H and O–H groups in total. The predicted molar refractivity (Wildman–Crippen MR) is 87.9 cm³/mol. The number of aromatic nitrogens is 1. The molecule has 0 fully saturated rings. The van der Waals surface area contributed by atoms with Crippen molar-refractivity contribution < 1.29 is 19.4 Å². The molecule has 1 heterocycles. The van der Waals surface area contributed by atoms with Crippen LogP contribution < -0.4 is 4.74 Å². The van der Waals surface area contributed by atoms with Gasteiger partial charge in [-0.25, -0.2) is 4.79 Å². The minimum absolute atomic E-state index is 0.161. The molecule has 0 amide bonds. The third-order valence-corrected chi connectivity index (χ3v) is 3.69. The van der Waals surface area contributed by atoms with Crippen molar-refractivity contribution in [3.63, 3.8) is 0 Å². The van der Waals surface area contributed by atoms with Crippen LogP contribution in [0.1, 0.15) is 45.9 Å². The largest absolute Gasteiger partial charge is 0.490 e. The number of hydrogen-bond donors (Lipinski definition) is 2. The number of nitrogens with one attached hydrogen (secondary N) is 1. The first-order chi connectivity index (χ1) is 10.9. The molecule has 1 aromatic heterocycles. The number of esters is 1. The van der Waals surface area contributed by atoms with Crippen molar-refractivity contribution in [2.24, 2.45) is 0 Å². The molecule has 0 aliphatic rings. The summed E-state index contributed by atoms with van der Waals surface area (Å²) >= 11 is 0. The van der Waals surface area contributed by atoms with E-state index in [0.717, 1.165) is 28.1 Å². The molecule has 0 unspecified atom stereocenters. The highest BCUT2D eigenvalue weighted by Crippen LogP contribution is 2.24. The van der Waals surface area contributed by atoms with Crippen molar-refractivity contribution in [3.8, 4) is 5.75 Å². The Balaban J connectivity index is 1.89. The lowest BCUT2D eigenvalue weighted by molar-refractivity contribution is 0.0443. The van der Waals surface area contributed by atoms with Crippen LogP contribution in [-0.2, 0) is 4.74 Å². The maximum absolute atomic E-state index is 12.1. The van der Waals surface area contributed by atoms with Crippen LogP contribution in [0, 0.1) is 20.8 Å². The van der Waals surface area contributed by atoms with Gasteiger partial charge in [-0.2, -0.15) is 0 Å². The Bertz CT molecular complexity index is 688. The number of benzene rings is 1. The number of carbonyl (C=O) groups excluding carboxylic acids is 1. The van der Waals surface area contributed by atoms with Crippen LogP contribution in [0.25, 0.3) is 0 Å². The number of ether oxygens (including phenoxy) is 2. The molecule has 0 spiro atoms. The summed E-state index contributed by atoms with van der Waals surface area (Å²) in [7, 11) is 0. The second-order valence-electron chi connectivity index (χ2n) is 5.64. The van der Waals surface area contributed by atoms with Crippen LogP contribution in [0.4, 0.5) is 0 Å². The van der Waals surface area contributed by atoms with E-state index in [-0.39, 0.29) is 13.2 Å². The number of aliphatic hydroxyl groups excluding tert-OH is 1. The third-order valence-electron chi connectivity index (χ3n) is 3.69. The molecule has 0 aliphatic carbocycles. The van der Waals surface area contributed by atoms with Crippen molar-refractivity contribution >= 4 is 5.97 Å². The first-order valence-corrected chi connectivity index (χ1v) is 7.64. The molecule has 0 bridgehead atoms. The fourth-order valence-electron chi connectivity index (χ4n) is 2.67. The Kier molecular flexibility index (Phi) is 5.45. The Hall–Kier alpha value is -2.27. The summed E-state index contributed by atoms with van der Waals surface area (Å²) in [6.07, 6.45) is -0.627.